The second-order valence-corrected chi connectivity index (χ2v) is 3.75. The molecule has 0 aromatic heterocycles. The summed E-state index contributed by atoms with van der Waals surface area (Å²) in [5.41, 5.74) is 2.73. The van der Waals surface area contributed by atoms with Gasteiger partial charge in [0.2, 0.25) is 0 Å². The van der Waals surface area contributed by atoms with Crippen LogP contribution < -0.4 is 0 Å². The quantitative estimate of drug-likeness (QED) is 0.706. The van der Waals surface area contributed by atoms with E-state index in [2.05, 4.69) is 0 Å². The molecule has 0 bridgehead atoms. The number of nitrogens with one attached hydrogen (secondary N) is 1. The van der Waals surface area contributed by atoms with E-state index in [9.17, 15) is 5.11 Å². The van der Waals surface area contributed by atoms with Gasteiger partial charge in [0.1, 0.15) is 0 Å². The van der Waals surface area contributed by atoms with Gasteiger partial charge in [-0.2, -0.15) is 0 Å². The average Bonchev–Trinajstić information content (AvgIpc) is 2.14. The molecule has 0 aliphatic carbocycles. The van der Waals surface area contributed by atoms with Crippen molar-refractivity contribution in [3.8, 4) is 0 Å². The van der Waals surface area contributed by atoms with Gasteiger partial charge < -0.3 is 10.5 Å². The van der Waals surface area contributed by atoms with Crippen LogP contribution in [0.2, 0.25) is 0 Å². The first-order valence-electron chi connectivity index (χ1n) is 4.88. The Balaban J connectivity index is 2.60. The first-order valence-corrected chi connectivity index (χ1v) is 4.88. The summed E-state index contributed by atoms with van der Waals surface area (Å²) >= 11 is 0. The molecule has 0 aliphatic rings. The molecule has 0 saturated carbocycles. The van der Waals surface area contributed by atoms with Crippen LogP contribution in [0.4, 0.5) is 0 Å². The van der Waals surface area contributed by atoms with Gasteiger partial charge in [0.05, 0.1) is 6.10 Å². The summed E-state index contributed by atoms with van der Waals surface area (Å²) in [5.74, 6) is 0. The lowest BCUT2D eigenvalue weighted by Crippen LogP contribution is -2.00. The van der Waals surface area contributed by atoms with Crippen LogP contribution in [0.1, 0.15) is 37.0 Å². The van der Waals surface area contributed by atoms with E-state index < -0.39 is 6.10 Å². The van der Waals surface area contributed by atoms with Gasteiger partial charge in [0, 0.05) is 5.71 Å². The maximum absolute atomic E-state index is 9.80. The summed E-state index contributed by atoms with van der Waals surface area (Å²) in [6, 6.07) is 7.88. The molecule has 1 aromatic rings. The molecule has 0 amide bonds. The van der Waals surface area contributed by atoms with Crippen molar-refractivity contribution in [1.82, 2.24) is 0 Å². The van der Waals surface area contributed by atoms with E-state index in [-0.39, 0.29) is 0 Å². The summed E-state index contributed by atoms with van der Waals surface area (Å²) in [6.45, 7) is 3.78. The minimum Gasteiger partial charge on any atom is -0.388 e. The molecular formula is C12H17NO. The van der Waals surface area contributed by atoms with E-state index in [0.29, 0.717) is 18.6 Å². The summed E-state index contributed by atoms with van der Waals surface area (Å²) < 4.78 is 0. The lowest BCUT2D eigenvalue weighted by molar-refractivity contribution is 0.170. The molecule has 0 aliphatic heterocycles. The highest BCUT2D eigenvalue weighted by Crippen LogP contribution is 2.19. The predicted octanol–water partition coefficient (Wildman–Crippen LogP) is 2.85. The van der Waals surface area contributed by atoms with Crippen LogP contribution in [0.25, 0.3) is 0 Å². The maximum Gasteiger partial charge on any atom is 0.0793 e. The third kappa shape index (κ3) is 3.30. The van der Waals surface area contributed by atoms with Crippen molar-refractivity contribution >= 4 is 5.71 Å². The van der Waals surface area contributed by atoms with Crippen LogP contribution in [-0.4, -0.2) is 10.8 Å². The highest BCUT2D eigenvalue weighted by molar-refractivity contribution is 5.78. The highest BCUT2D eigenvalue weighted by Gasteiger charge is 2.07. The minimum absolute atomic E-state index is 0.435. The molecule has 1 rings (SSSR count). The van der Waals surface area contributed by atoms with Crippen LogP contribution in [-0.2, 0) is 0 Å². The molecule has 2 nitrogen and oxygen atoms in total. The van der Waals surface area contributed by atoms with Crippen LogP contribution >= 0.6 is 0 Å². The molecule has 2 N–H and O–H groups in total. The minimum atomic E-state index is -0.435. The lowest BCUT2D eigenvalue weighted by Gasteiger charge is -2.10. The van der Waals surface area contributed by atoms with E-state index in [1.165, 1.54) is 0 Å². The van der Waals surface area contributed by atoms with Gasteiger partial charge in [-0.15, -0.1) is 0 Å². The second-order valence-electron chi connectivity index (χ2n) is 3.75. The number of benzene rings is 1. The topological polar surface area (TPSA) is 44.1 Å². The fourth-order valence-electron chi connectivity index (χ4n) is 1.40. The van der Waals surface area contributed by atoms with E-state index in [1.54, 1.807) is 6.92 Å². The monoisotopic (exact) mass is 191 g/mol. The van der Waals surface area contributed by atoms with E-state index in [1.807, 2.05) is 31.2 Å². The van der Waals surface area contributed by atoms with Gasteiger partial charge in [-0.05, 0) is 32.3 Å². The highest BCUT2D eigenvalue weighted by atomic mass is 16.3. The first-order chi connectivity index (χ1) is 6.59. The zero-order valence-electron chi connectivity index (χ0n) is 8.75. The fourth-order valence-corrected chi connectivity index (χ4v) is 1.40. The van der Waals surface area contributed by atoms with Crippen molar-refractivity contribution in [2.45, 2.75) is 32.8 Å². The predicted molar refractivity (Wildman–Crippen MR) is 58.8 cm³/mol. The van der Waals surface area contributed by atoms with Gasteiger partial charge >= 0.3 is 0 Å². The molecule has 1 aromatic carbocycles. The van der Waals surface area contributed by atoms with Gasteiger partial charge in [0.25, 0.3) is 0 Å². The summed E-state index contributed by atoms with van der Waals surface area (Å²) in [7, 11) is 0. The molecule has 0 unspecified atom stereocenters. The van der Waals surface area contributed by atoms with Crippen LogP contribution in [0, 0.1) is 12.3 Å². The number of aliphatic hydroxyl groups is 1. The standard InChI is InChI=1S/C12H17NO/c1-9-4-3-5-11(8-9)12(14)7-6-10(2)13/h3-5,8,12-14H,6-7H2,1-2H3/t12-/m0/s1. The Bertz CT molecular complexity index is 320. The smallest absolute Gasteiger partial charge is 0.0793 e. The Morgan fingerprint density at radius 2 is 2.21 bits per heavy atom. The first kappa shape index (κ1) is 10.9. The number of aryl methyl sites for hydroxylation is 1. The number of aliphatic hydroxyl groups excluding tert-OH is 1. The van der Waals surface area contributed by atoms with Gasteiger partial charge in [-0.25, -0.2) is 0 Å². The molecule has 0 fully saturated rings. The third-order valence-corrected chi connectivity index (χ3v) is 2.22. The van der Waals surface area contributed by atoms with Crippen molar-refractivity contribution in [3.63, 3.8) is 0 Å². The molecule has 0 saturated heterocycles. The molecule has 14 heavy (non-hydrogen) atoms. The average molecular weight is 191 g/mol. The molecule has 1 atom stereocenters. The Hall–Kier alpha value is -1.15. The van der Waals surface area contributed by atoms with Gasteiger partial charge in [0.15, 0.2) is 0 Å². The van der Waals surface area contributed by atoms with Crippen LogP contribution in [0.15, 0.2) is 24.3 Å². The fraction of sp³-hybridized carbons (Fsp3) is 0.417. The van der Waals surface area contributed by atoms with E-state index in [0.717, 1.165) is 11.1 Å². The normalized spacial score (nSPS) is 12.5. The Morgan fingerprint density at radius 1 is 1.50 bits per heavy atom. The molecular weight excluding hydrogens is 174 g/mol. The zero-order valence-corrected chi connectivity index (χ0v) is 8.75. The van der Waals surface area contributed by atoms with E-state index >= 15 is 0 Å². The summed E-state index contributed by atoms with van der Waals surface area (Å²) in [6.07, 6.45) is 0.864. The van der Waals surface area contributed by atoms with Gasteiger partial charge in [-0.1, -0.05) is 29.8 Å². The SMILES string of the molecule is CC(=N)CC[C@H](O)c1cccc(C)c1. The Kier molecular flexibility index (Phi) is 3.84. The van der Waals surface area contributed by atoms with Crippen LogP contribution in [0.5, 0.6) is 0 Å². The van der Waals surface area contributed by atoms with Crippen molar-refractivity contribution in [2.75, 3.05) is 0 Å². The Morgan fingerprint density at radius 3 is 2.79 bits per heavy atom. The lowest BCUT2D eigenvalue weighted by atomic mass is 10.0. The maximum atomic E-state index is 9.80. The molecule has 0 heterocycles. The molecule has 0 radical (unpaired) electrons. The second kappa shape index (κ2) is 4.91. The van der Waals surface area contributed by atoms with Crippen molar-refractivity contribution in [3.05, 3.63) is 35.4 Å². The van der Waals surface area contributed by atoms with Crippen molar-refractivity contribution < 1.29 is 5.11 Å². The molecule has 0 spiro atoms. The third-order valence-electron chi connectivity index (χ3n) is 2.22. The van der Waals surface area contributed by atoms with Crippen molar-refractivity contribution in [2.24, 2.45) is 0 Å². The van der Waals surface area contributed by atoms with Crippen LogP contribution in [0.3, 0.4) is 0 Å². The zero-order chi connectivity index (χ0) is 10.6. The van der Waals surface area contributed by atoms with E-state index in [4.69, 9.17) is 5.41 Å². The largest absolute Gasteiger partial charge is 0.388 e. The molecule has 2 heteroatoms. The number of rotatable bonds is 4. The van der Waals surface area contributed by atoms with Crippen molar-refractivity contribution in [1.29, 1.82) is 5.41 Å². The summed E-state index contributed by atoms with van der Waals surface area (Å²) in [4.78, 5) is 0. The molecule has 76 valence electrons. The summed E-state index contributed by atoms with van der Waals surface area (Å²) in [5, 5.41) is 17.1. The number of hydrogen-bond donors (Lipinski definition) is 2. The number of hydrogen-bond acceptors (Lipinski definition) is 2. The Labute approximate surface area is 85.1 Å². The van der Waals surface area contributed by atoms with Gasteiger partial charge in [-0.3, -0.25) is 0 Å².